The van der Waals surface area contributed by atoms with Crippen molar-refractivity contribution in [2.24, 2.45) is 0 Å². The number of aryl methyl sites for hydroxylation is 2. The van der Waals surface area contributed by atoms with E-state index in [9.17, 15) is 4.79 Å². The molecule has 0 fully saturated rings. The first-order valence-corrected chi connectivity index (χ1v) is 9.66. The molecule has 1 aromatic heterocycles. The van der Waals surface area contributed by atoms with Gasteiger partial charge in [0.2, 0.25) is 5.13 Å². The lowest BCUT2D eigenvalue weighted by molar-refractivity contribution is -0.118. The lowest BCUT2D eigenvalue weighted by Gasteiger charge is -2.16. The fraction of sp³-hybridized carbons (Fsp3) is 0.353. The summed E-state index contributed by atoms with van der Waals surface area (Å²) in [5.41, 5.74) is 2.74. The van der Waals surface area contributed by atoms with Crippen LogP contribution in [0.1, 0.15) is 24.0 Å². The number of benzene rings is 1. The molecule has 0 bridgehead atoms. The first-order chi connectivity index (χ1) is 11.7. The quantitative estimate of drug-likeness (QED) is 0.463. The van der Waals surface area contributed by atoms with Crippen LogP contribution in [0.15, 0.2) is 35.2 Å². The van der Waals surface area contributed by atoms with E-state index in [-0.39, 0.29) is 12.5 Å². The third-order valence-corrected chi connectivity index (χ3v) is 5.64. The SMILES string of the molecule is C=CCSc1nnc(NC(=O)COc2ccc3c(c2)CCCC3)s1. The molecule has 0 spiro atoms. The lowest BCUT2D eigenvalue weighted by atomic mass is 9.92. The van der Waals surface area contributed by atoms with E-state index < -0.39 is 0 Å². The van der Waals surface area contributed by atoms with Gasteiger partial charge in [0.1, 0.15) is 5.75 Å². The Morgan fingerprint density at radius 2 is 2.17 bits per heavy atom. The Bertz CT molecular complexity index is 730. The van der Waals surface area contributed by atoms with Gasteiger partial charge in [-0.25, -0.2) is 0 Å². The Balaban J connectivity index is 1.50. The average Bonchev–Trinajstić information content (AvgIpc) is 3.05. The number of nitrogens with one attached hydrogen (secondary N) is 1. The molecule has 24 heavy (non-hydrogen) atoms. The van der Waals surface area contributed by atoms with Crippen molar-refractivity contribution in [1.29, 1.82) is 0 Å². The molecule has 1 amide bonds. The third kappa shape index (κ3) is 4.58. The summed E-state index contributed by atoms with van der Waals surface area (Å²) in [5, 5.41) is 11.1. The Labute approximate surface area is 149 Å². The fourth-order valence-corrected chi connectivity index (χ4v) is 4.08. The van der Waals surface area contributed by atoms with Gasteiger partial charge in [-0.3, -0.25) is 10.1 Å². The molecule has 126 valence electrons. The summed E-state index contributed by atoms with van der Waals surface area (Å²) < 4.78 is 6.41. The maximum absolute atomic E-state index is 12.0. The Hall–Kier alpha value is -1.86. The lowest BCUT2D eigenvalue weighted by Crippen LogP contribution is -2.20. The molecule has 1 heterocycles. The summed E-state index contributed by atoms with van der Waals surface area (Å²) in [4.78, 5) is 12.0. The highest BCUT2D eigenvalue weighted by molar-refractivity contribution is 8.01. The molecule has 0 radical (unpaired) electrons. The number of amides is 1. The van der Waals surface area contributed by atoms with E-state index in [1.807, 2.05) is 6.07 Å². The normalized spacial score (nSPS) is 13.2. The van der Waals surface area contributed by atoms with E-state index in [0.717, 1.165) is 28.7 Å². The monoisotopic (exact) mass is 361 g/mol. The topological polar surface area (TPSA) is 64.1 Å². The molecule has 1 aromatic carbocycles. The highest BCUT2D eigenvalue weighted by Crippen LogP contribution is 2.26. The molecule has 3 rings (SSSR count). The number of ether oxygens (including phenoxy) is 1. The van der Waals surface area contributed by atoms with Gasteiger partial charge in [0.05, 0.1) is 0 Å². The fourth-order valence-electron chi connectivity index (χ4n) is 2.55. The van der Waals surface area contributed by atoms with Crippen LogP contribution in [0, 0.1) is 0 Å². The van der Waals surface area contributed by atoms with Crippen LogP contribution < -0.4 is 10.1 Å². The number of aromatic nitrogens is 2. The third-order valence-electron chi connectivity index (χ3n) is 3.67. The van der Waals surface area contributed by atoms with E-state index in [0.29, 0.717) is 5.13 Å². The Morgan fingerprint density at radius 3 is 3.00 bits per heavy atom. The molecular weight excluding hydrogens is 342 g/mol. The van der Waals surface area contributed by atoms with E-state index >= 15 is 0 Å². The van der Waals surface area contributed by atoms with Crippen molar-refractivity contribution in [2.75, 3.05) is 17.7 Å². The van der Waals surface area contributed by atoms with Crippen molar-refractivity contribution in [3.05, 3.63) is 42.0 Å². The molecule has 7 heteroatoms. The Morgan fingerprint density at radius 1 is 1.33 bits per heavy atom. The number of thioether (sulfide) groups is 1. The minimum atomic E-state index is -0.232. The molecule has 1 aliphatic carbocycles. The zero-order valence-corrected chi connectivity index (χ0v) is 14.9. The van der Waals surface area contributed by atoms with E-state index in [1.54, 1.807) is 6.08 Å². The van der Waals surface area contributed by atoms with Gasteiger partial charge in [-0.15, -0.1) is 16.8 Å². The summed E-state index contributed by atoms with van der Waals surface area (Å²) >= 11 is 2.88. The molecule has 0 saturated heterocycles. The molecule has 1 N–H and O–H groups in total. The number of anilines is 1. The number of hydrogen-bond donors (Lipinski definition) is 1. The molecule has 5 nitrogen and oxygen atoms in total. The minimum Gasteiger partial charge on any atom is -0.484 e. The summed E-state index contributed by atoms with van der Waals surface area (Å²) in [7, 11) is 0. The molecule has 0 unspecified atom stereocenters. The van der Waals surface area contributed by atoms with Gasteiger partial charge in [0.15, 0.2) is 10.9 Å². The second kappa shape index (κ2) is 8.30. The van der Waals surface area contributed by atoms with Crippen molar-refractivity contribution in [3.63, 3.8) is 0 Å². The molecular formula is C17H19N3O2S2. The van der Waals surface area contributed by atoms with Gasteiger partial charge in [-0.1, -0.05) is 35.2 Å². The number of hydrogen-bond acceptors (Lipinski definition) is 6. The van der Waals surface area contributed by atoms with Gasteiger partial charge in [0.25, 0.3) is 5.91 Å². The van der Waals surface area contributed by atoms with Crippen LogP contribution >= 0.6 is 23.1 Å². The minimum absolute atomic E-state index is 0.0342. The maximum atomic E-state index is 12.0. The molecule has 1 aliphatic rings. The molecule has 0 aliphatic heterocycles. The van der Waals surface area contributed by atoms with Gasteiger partial charge in [-0.2, -0.15) is 0 Å². The van der Waals surface area contributed by atoms with E-state index in [1.165, 1.54) is 47.1 Å². The van der Waals surface area contributed by atoms with Crippen LogP contribution in [-0.2, 0) is 17.6 Å². The van der Waals surface area contributed by atoms with E-state index in [2.05, 4.69) is 34.2 Å². The smallest absolute Gasteiger partial charge is 0.264 e. The predicted octanol–water partition coefficient (Wildman–Crippen LogP) is 3.71. The van der Waals surface area contributed by atoms with Crippen LogP contribution in [0.3, 0.4) is 0 Å². The Kier molecular flexibility index (Phi) is 5.87. The standard InChI is InChI=1S/C17H19N3O2S2/c1-2-9-23-17-20-19-16(24-17)18-15(21)11-22-14-8-7-12-5-3-4-6-13(12)10-14/h2,7-8,10H,1,3-6,9,11H2,(H,18,19,21). The molecule has 0 atom stereocenters. The van der Waals surface area contributed by atoms with E-state index in [4.69, 9.17) is 4.74 Å². The molecule has 0 saturated carbocycles. The largest absolute Gasteiger partial charge is 0.484 e. The first-order valence-electron chi connectivity index (χ1n) is 7.86. The zero-order chi connectivity index (χ0) is 16.8. The first kappa shape index (κ1) is 17.0. The second-order valence-corrected chi connectivity index (χ2v) is 7.69. The van der Waals surface area contributed by atoms with Crippen molar-refractivity contribution in [2.45, 2.75) is 30.0 Å². The number of carbonyl (C=O) groups excluding carboxylic acids is 1. The average molecular weight is 361 g/mol. The zero-order valence-electron chi connectivity index (χ0n) is 13.3. The van der Waals surface area contributed by atoms with Crippen LogP contribution in [0.5, 0.6) is 5.75 Å². The van der Waals surface area contributed by atoms with Crippen molar-refractivity contribution < 1.29 is 9.53 Å². The van der Waals surface area contributed by atoms with Crippen molar-refractivity contribution in [1.82, 2.24) is 10.2 Å². The highest BCUT2D eigenvalue weighted by atomic mass is 32.2. The van der Waals surface area contributed by atoms with Crippen molar-refractivity contribution in [3.8, 4) is 5.75 Å². The highest BCUT2D eigenvalue weighted by Gasteiger charge is 2.12. The summed E-state index contributed by atoms with van der Waals surface area (Å²) in [6, 6.07) is 6.10. The summed E-state index contributed by atoms with van der Waals surface area (Å²) in [6.45, 7) is 3.63. The summed E-state index contributed by atoms with van der Waals surface area (Å²) in [5.74, 6) is 1.28. The van der Waals surface area contributed by atoms with Gasteiger partial charge in [0, 0.05) is 5.75 Å². The van der Waals surface area contributed by atoms with Gasteiger partial charge < -0.3 is 4.74 Å². The predicted molar refractivity (Wildman–Crippen MR) is 98.0 cm³/mol. The van der Waals surface area contributed by atoms with Crippen LogP contribution in [0.4, 0.5) is 5.13 Å². The molecule has 2 aromatic rings. The number of fused-ring (bicyclic) bond motifs is 1. The van der Waals surface area contributed by atoms with Gasteiger partial charge >= 0.3 is 0 Å². The van der Waals surface area contributed by atoms with Gasteiger partial charge in [-0.05, 0) is 48.9 Å². The number of carbonyl (C=O) groups is 1. The number of nitrogens with zero attached hydrogens (tertiary/aromatic N) is 2. The van der Waals surface area contributed by atoms with Crippen LogP contribution in [0.2, 0.25) is 0 Å². The number of rotatable bonds is 7. The van der Waals surface area contributed by atoms with Crippen LogP contribution in [0.25, 0.3) is 0 Å². The second-order valence-electron chi connectivity index (χ2n) is 5.45. The van der Waals surface area contributed by atoms with Crippen molar-refractivity contribution >= 4 is 34.1 Å². The van der Waals surface area contributed by atoms with Crippen LogP contribution in [-0.4, -0.2) is 28.5 Å². The maximum Gasteiger partial charge on any atom is 0.264 e. The summed E-state index contributed by atoms with van der Waals surface area (Å²) in [6.07, 6.45) is 6.51.